The molecule has 1 aromatic rings. The van der Waals surface area contributed by atoms with Crippen LogP contribution >= 0.6 is 0 Å². The number of hydrogen-bond donors (Lipinski definition) is 3. The zero-order chi connectivity index (χ0) is 11.5. The molecule has 0 aliphatic heterocycles. The molecule has 0 heterocycles. The van der Waals surface area contributed by atoms with Crippen LogP contribution in [0.25, 0.3) is 0 Å². The second kappa shape index (κ2) is 4.31. The molecule has 0 aromatic heterocycles. The molecule has 0 amide bonds. The highest BCUT2D eigenvalue weighted by Gasteiger charge is 2.12. The number of hydrogen-bond acceptors (Lipinski definition) is 2. The lowest BCUT2D eigenvalue weighted by atomic mass is 9.87. The molecule has 1 aromatic carbocycles. The monoisotopic (exact) mass is 207 g/mol. The molecule has 0 aliphatic rings. The summed E-state index contributed by atoms with van der Waals surface area (Å²) in [6, 6.07) is 7.74. The van der Waals surface area contributed by atoms with Gasteiger partial charge in [-0.2, -0.15) is 0 Å². The Morgan fingerprint density at radius 3 is 2.20 bits per heavy atom. The average molecular weight is 207 g/mol. The molecule has 1 rings (SSSR count). The first-order valence-electron chi connectivity index (χ1n) is 4.78. The molecule has 0 atom stereocenters. The van der Waals surface area contributed by atoms with Crippen LogP contribution in [0.1, 0.15) is 26.3 Å². The summed E-state index contributed by atoms with van der Waals surface area (Å²) in [6.07, 6.45) is 0. The van der Waals surface area contributed by atoms with E-state index in [0.717, 1.165) is 0 Å². The molecule has 82 valence electrons. The van der Waals surface area contributed by atoms with Crippen LogP contribution in [0.2, 0.25) is 0 Å². The number of benzene rings is 1. The van der Waals surface area contributed by atoms with Gasteiger partial charge >= 0.3 is 0 Å². The van der Waals surface area contributed by atoms with Crippen molar-refractivity contribution in [1.82, 2.24) is 5.48 Å². The first kappa shape index (κ1) is 11.5. The number of guanidine groups is 1. The standard InChI is InChI=1S/C11H17N3O/c1-11(2,3)8-4-6-9(7-5-8)13-10(12)14-15/h4-7,15H,1-3H3,(H3,12,13,14). The van der Waals surface area contributed by atoms with E-state index in [1.165, 1.54) is 5.56 Å². The number of aliphatic imine (C=N–C) groups is 1. The Hall–Kier alpha value is -1.55. The summed E-state index contributed by atoms with van der Waals surface area (Å²) >= 11 is 0. The number of hydroxylamine groups is 1. The summed E-state index contributed by atoms with van der Waals surface area (Å²) in [5, 5.41) is 8.47. The highest BCUT2D eigenvalue weighted by molar-refractivity contribution is 5.79. The zero-order valence-electron chi connectivity index (χ0n) is 9.28. The second-order valence-corrected chi connectivity index (χ2v) is 4.41. The van der Waals surface area contributed by atoms with Crippen molar-refractivity contribution in [3.05, 3.63) is 29.8 Å². The molecule has 0 fully saturated rings. The SMILES string of the molecule is CC(C)(C)c1ccc(N=C(N)NO)cc1. The van der Waals surface area contributed by atoms with Crippen LogP contribution in [-0.2, 0) is 5.41 Å². The van der Waals surface area contributed by atoms with Crippen molar-refractivity contribution in [2.75, 3.05) is 0 Å². The van der Waals surface area contributed by atoms with Crippen molar-refractivity contribution in [2.24, 2.45) is 10.7 Å². The normalized spacial score (nSPS) is 12.7. The van der Waals surface area contributed by atoms with Gasteiger partial charge in [0.1, 0.15) is 0 Å². The minimum Gasteiger partial charge on any atom is -0.368 e. The molecule has 4 nitrogen and oxygen atoms in total. The van der Waals surface area contributed by atoms with Crippen molar-refractivity contribution < 1.29 is 5.21 Å². The maximum atomic E-state index is 8.47. The third kappa shape index (κ3) is 3.25. The fourth-order valence-electron chi connectivity index (χ4n) is 1.20. The summed E-state index contributed by atoms with van der Waals surface area (Å²) in [4.78, 5) is 3.93. The quantitative estimate of drug-likeness (QED) is 0.374. The van der Waals surface area contributed by atoms with E-state index < -0.39 is 0 Å². The van der Waals surface area contributed by atoms with Crippen LogP contribution in [0.5, 0.6) is 0 Å². The van der Waals surface area contributed by atoms with Gasteiger partial charge in [-0.15, -0.1) is 0 Å². The van der Waals surface area contributed by atoms with Crippen LogP contribution in [0, 0.1) is 0 Å². The molecule has 4 heteroatoms. The van der Waals surface area contributed by atoms with E-state index in [-0.39, 0.29) is 11.4 Å². The van der Waals surface area contributed by atoms with Crippen LogP contribution in [-0.4, -0.2) is 11.2 Å². The van der Waals surface area contributed by atoms with Gasteiger partial charge in [-0.1, -0.05) is 32.9 Å². The lowest BCUT2D eigenvalue weighted by molar-refractivity contribution is 0.233. The Morgan fingerprint density at radius 2 is 1.80 bits per heavy atom. The number of nitrogens with one attached hydrogen (secondary N) is 1. The van der Waals surface area contributed by atoms with Crippen molar-refractivity contribution in [3.8, 4) is 0 Å². The number of rotatable bonds is 1. The molecule has 4 N–H and O–H groups in total. The Morgan fingerprint density at radius 1 is 1.27 bits per heavy atom. The van der Waals surface area contributed by atoms with Gasteiger partial charge in [-0.05, 0) is 23.1 Å². The van der Waals surface area contributed by atoms with Crippen LogP contribution in [0.15, 0.2) is 29.3 Å². The van der Waals surface area contributed by atoms with Crippen LogP contribution in [0.3, 0.4) is 0 Å². The summed E-state index contributed by atoms with van der Waals surface area (Å²) in [5.41, 5.74) is 9.18. The summed E-state index contributed by atoms with van der Waals surface area (Å²) in [7, 11) is 0. The molecule has 0 saturated carbocycles. The minimum atomic E-state index is -0.0153. The Bertz CT molecular complexity index is 349. The van der Waals surface area contributed by atoms with Gasteiger partial charge in [0.15, 0.2) is 0 Å². The molecule has 0 bridgehead atoms. The van der Waals surface area contributed by atoms with Crippen LogP contribution in [0.4, 0.5) is 5.69 Å². The fraction of sp³-hybridized carbons (Fsp3) is 0.364. The van der Waals surface area contributed by atoms with Crippen LogP contribution < -0.4 is 11.2 Å². The first-order valence-corrected chi connectivity index (χ1v) is 4.78. The molecular weight excluding hydrogens is 190 g/mol. The fourth-order valence-corrected chi connectivity index (χ4v) is 1.20. The van der Waals surface area contributed by atoms with Gasteiger partial charge in [-0.25, -0.2) is 10.5 Å². The topological polar surface area (TPSA) is 70.6 Å². The van der Waals surface area contributed by atoms with Gasteiger partial charge in [0.05, 0.1) is 5.69 Å². The lowest BCUT2D eigenvalue weighted by Gasteiger charge is -2.18. The van der Waals surface area contributed by atoms with Gasteiger partial charge in [-0.3, -0.25) is 5.21 Å². The third-order valence-electron chi connectivity index (χ3n) is 2.10. The minimum absolute atomic E-state index is 0.0153. The number of nitrogens with two attached hydrogens (primary N) is 1. The molecule has 0 aliphatic carbocycles. The maximum Gasteiger partial charge on any atom is 0.218 e. The van der Waals surface area contributed by atoms with Gasteiger partial charge < -0.3 is 5.73 Å². The predicted molar refractivity (Wildman–Crippen MR) is 61.3 cm³/mol. The molecule has 0 unspecified atom stereocenters. The van der Waals surface area contributed by atoms with E-state index in [1.807, 2.05) is 24.3 Å². The maximum absolute atomic E-state index is 8.47. The average Bonchev–Trinajstić information content (AvgIpc) is 2.17. The Balaban J connectivity index is 2.91. The van der Waals surface area contributed by atoms with Crippen molar-refractivity contribution in [2.45, 2.75) is 26.2 Å². The van der Waals surface area contributed by atoms with Gasteiger partial charge in [0.2, 0.25) is 5.96 Å². The van der Waals surface area contributed by atoms with E-state index in [1.54, 1.807) is 5.48 Å². The van der Waals surface area contributed by atoms with Gasteiger partial charge in [0.25, 0.3) is 0 Å². The molecule has 15 heavy (non-hydrogen) atoms. The van der Waals surface area contributed by atoms with E-state index in [4.69, 9.17) is 10.9 Å². The van der Waals surface area contributed by atoms with Crippen molar-refractivity contribution in [1.29, 1.82) is 0 Å². The lowest BCUT2D eigenvalue weighted by Crippen LogP contribution is -2.27. The third-order valence-corrected chi connectivity index (χ3v) is 2.10. The highest BCUT2D eigenvalue weighted by atomic mass is 16.5. The smallest absolute Gasteiger partial charge is 0.218 e. The summed E-state index contributed by atoms with van der Waals surface area (Å²) in [5.74, 6) is -0.0153. The molecule has 0 saturated heterocycles. The zero-order valence-corrected chi connectivity index (χ0v) is 9.28. The molecule has 0 spiro atoms. The Kier molecular flexibility index (Phi) is 3.31. The second-order valence-electron chi connectivity index (χ2n) is 4.41. The molecule has 0 radical (unpaired) electrons. The van der Waals surface area contributed by atoms with E-state index >= 15 is 0 Å². The first-order chi connectivity index (χ1) is 6.93. The van der Waals surface area contributed by atoms with Crippen molar-refractivity contribution in [3.63, 3.8) is 0 Å². The summed E-state index contributed by atoms with van der Waals surface area (Å²) in [6.45, 7) is 6.44. The highest BCUT2D eigenvalue weighted by Crippen LogP contribution is 2.24. The van der Waals surface area contributed by atoms with Crippen molar-refractivity contribution >= 4 is 11.6 Å². The largest absolute Gasteiger partial charge is 0.368 e. The van der Waals surface area contributed by atoms with E-state index in [9.17, 15) is 0 Å². The Labute approximate surface area is 89.8 Å². The number of nitrogens with zero attached hydrogens (tertiary/aromatic N) is 1. The van der Waals surface area contributed by atoms with E-state index in [2.05, 4.69) is 25.8 Å². The van der Waals surface area contributed by atoms with Gasteiger partial charge in [0, 0.05) is 0 Å². The molecular formula is C11H17N3O. The summed E-state index contributed by atoms with van der Waals surface area (Å²) < 4.78 is 0. The predicted octanol–water partition coefficient (Wildman–Crippen LogP) is 1.91. The van der Waals surface area contributed by atoms with E-state index in [0.29, 0.717) is 5.69 Å².